The highest BCUT2D eigenvalue weighted by Crippen LogP contribution is 2.33. The fourth-order valence-electron chi connectivity index (χ4n) is 4.50. The molecule has 37 heavy (non-hydrogen) atoms. The molecular weight excluding hydrogens is 478 g/mol. The summed E-state index contributed by atoms with van der Waals surface area (Å²) in [5.41, 5.74) is 4.62. The van der Waals surface area contributed by atoms with Gasteiger partial charge < -0.3 is 36.2 Å². The molecule has 1 aliphatic carbocycles. The highest BCUT2D eigenvalue weighted by molar-refractivity contribution is 5.90. The summed E-state index contributed by atoms with van der Waals surface area (Å²) in [5, 5.41) is 13.1. The Balaban J connectivity index is 2.06. The normalized spacial score (nSPS) is 18.8. The van der Waals surface area contributed by atoms with E-state index in [9.17, 15) is 19.2 Å². The number of hydrogen-bond donors (Lipinski definition) is 4. The molecule has 0 spiro atoms. The van der Waals surface area contributed by atoms with Crippen LogP contribution in [0.1, 0.15) is 85.5 Å². The average molecular weight is 524 g/mol. The third kappa shape index (κ3) is 9.94. The molecule has 3 amide bonds. The number of nitrogens with one attached hydrogen (secondary N) is 3. The fourth-order valence-corrected chi connectivity index (χ4v) is 4.50. The fraction of sp³-hybridized carbons (Fsp3) is 0.808. The summed E-state index contributed by atoms with van der Waals surface area (Å²) in [7, 11) is 1.25. The summed E-state index contributed by atoms with van der Waals surface area (Å²) < 4.78 is 10.3. The number of nitrogens with two attached hydrogens (primary N) is 1. The van der Waals surface area contributed by atoms with E-state index in [-0.39, 0.29) is 37.7 Å². The molecule has 2 aliphatic rings. The van der Waals surface area contributed by atoms with Crippen LogP contribution in [0, 0.1) is 11.3 Å². The van der Waals surface area contributed by atoms with Gasteiger partial charge in [-0.15, -0.1) is 0 Å². The van der Waals surface area contributed by atoms with E-state index in [0.717, 1.165) is 19.3 Å². The maximum Gasteiger partial charge on any atom is 0.408 e. The number of alkyl carbamates (subject to hydrolysis) is 1. The molecule has 1 saturated heterocycles. The van der Waals surface area contributed by atoms with Crippen molar-refractivity contribution in [3.63, 3.8) is 0 Å². The zero-order valence-electron chi connectivity index (χ0n) is 23.0. The first-order valence-corrected chi connectivity index (χ1v) is 13.2. The standard InChI is InChI=1S/C26H45N5O6/c1-17(27)8-6-7-9-20(29-21(32)19(28)16-18-10-11-18)22(33)31-14-12-26(13-15-31,23(34)36-5)30-24(35)37-25(2,3)4/h18-20,27H,6-16,28H2,1-5H3,(H,29,32)(H,30,35)/t19-,20-/m1/s1. The Labute approximate surface area is 220 Å². The van der Waals surface area contributed by atoms with Crippen molar-refractivity contribution in [3.8, 4) is 0 Å². The topological polar surface area (TPSA) is 164 Å². The van der Waals surface area contributed by atoms with Crippen LogP contribution in [0.5, 0.6) is 0 Å². The van der Waals surface area contributed by atoms with Gasteiger partial charge in [0.1, 0.15) is 17.2 Å². The first-order valence-electron chi connectivity index (χ1n) is 13.2. The second kappa shape index (κ2) is 13.2. The van der Waals surface area contributed by atoms with Crippen LogP contribution in [-0.2, 0) is 23.9 Å². The lowest BCUT2D eigenvalue weighted by atomic mass is 9.87. The maximum absolute atomic E-state index is 13.5. The lowest BCUT2D eigenvalue weighted by molar-refractivity contribution is -0.153. The van der Waals surface area contributed by atoms with Gasteiger partial charge in [-0.1, -0.05) is 19.3 Å². The Kier molecular flexibility index (Phi) is 10.9. The van der Waals surface area contributed by atoms with Crippen LogP contribution in [0.25, 0.3) is 0 Å². The van der Waals surface area contributed by atoms with Gasteiger partial charge in [0, 0.05) is 18.8 Å². The molecule has 1 aliphatic heterocycles. The van der Waals surface area contributed by atoms with Crippen molar-refractivity contribution in [1.29, 1.82) is 5.41 Å². The molecule has 11 nitrogen and oxygen atoms in total. The van der Waals surface area contributed by atoms with Crippen molar-refractivity contribution in [2.75, 3.05) is 20.2 Å². The van der Waals surface area contributed by atoms with Gasteiger partial charge >= 0.3 is 12.1 Å². The molecule has 210 valence electrons. The van der Waals surface area contributed by atoms with Crippen LogP contribution in [0.2, 0.25) is 0 Å². The zero-order chi connectivity index (χ0) is 27.8. The predicted octanol–water partition coefficient (Wildman–Crippen LogP) is 2.26. The van der Waals surface area contributed by atoms with Crippen molar-refractivity contribution >= 4 is 29.6 Å². The minimum Gasteiger partial charge on any atom is -0.467 e. The number of methoxy groups -OCH3 is 1. The predicted molar refractivity (Wildman–Crippen MR) is 139 cm³/mol. The summed E-state index contributed by atoms with van der Waals surface area (Å²) in [4.78, 5) is 52.9. The Bertz CT molecular complexity index is 843. The monoisotopic (exact) mass is 523 g/mol. The molecule has 1 heterocycles. The van der Waals surface area contributed by atoms with Crippen LogP contribution in [-0.4, -0.2) is 77.9 Å². The highest BCUT2D eigenvalue weighted by atomic mass is 16.6. The summed E-state index contributed by atoms with van der Waals surface area (Å²) in [5.74, 6) is -0.685. The van der Waals surface area contributed by atoms with Crippen LogP contribution >= 0.6 is 0 Å². The molecule has 11 heteroatoms. The number of likely N-dealkylation sites (tertiary alicyclic amines) is 1. The van der Waals surface area contributed by atoms with Gasteiger partial charge in [-0.3, -0.25) is 9.59 Å². The molecule has 0 aromatic carbocycles. The summed E-state index contributed by atoms with van der Waals surface area (Å²) in [6, 6.07) is -1.40. The van der Waals surface area contributed by atoms with Crippen molar-refractivity contribution in [2.24, 2.45) is 11.7 Å². The van der Waals surface area contributed by atoms with Crippen LogP contribution < -0.4 is 16.4 Å². The van der Waals surface area contributed by atoms with Gasteiger partial charge in [0.25, 0.3) is 0 Å². The van der Waals surface area contributed by atoms with E-state index >= 15 is 0 Å². The third-order valence-corrected chi connectivity index (χ3v) is 6.78. The Morgan fingerprint density at radius 3 is 2.27 bits per heavy atom. The van der Waals surface area contributed by atoms with Crippen LogP contribution in [0.15, 0.2) is 0 Å². The SMILES string of the molecule is COC(=O)C1(NC(=O)OC(C)(C)C)CCN(C(=O)[C@@H](CCCCC(C)=N)NC(=O)[C@H](N)CC2CC2)CC1. The molecule has 0 unspecified atom stereocenters. The Morgan fingerprint density at radius 2 is 1.76 bits per heavy atom. The van der Waals surface area contributed by atoms with E-state index in [0.29, 0.717) is 37.3 Å². The number of amides is 3. The number of piperidine rings is 1. The van der Waals surface area contributed by atoms with E-state index in [4.69, 9.17) is 20.6 Å². The van der Waals surface area contributed by atoms with Crippen LogP contribution in [0.4, 0.5) is 4.79 Å². The summed E-state index contributed by atoms with van der Waals surface area (Å²) in [6.45, 7) is 7.33. The smallest absolute Gasteiger partial charge is 0.408 e. The molecule has 5 N–H and O–H groups in total. The maximum atomic E-state index is 13.5. The van der Waals surface area contributed by atoms with Gasteiger partial charge in [0.15, 0.2) is 0 Å². The molecule has 2 rings (SSSR count). The number of nitrogens with zero attached hydrogens (tertiary/aromatic N) is 1. The quantitative estimate of drug-likeness (QED) is 0.173. The van der Waals surface area contributed by atoms with Crippen molar-refractivity contribution in [1.82, 2.24) is 15.5 Å². The molecule has 0 aromatic rings. The molecule has 0 radical (unpaired) electrons. The average Bonchev–Trinajstić information content (AvgIpc) is 3.62. The minimum absolute atomic E-state index is 0.152. The highest BCUT2D eigenvalue weighted by Gasteiger charge is 2.46. The van der Waals surface area contributed by atoms with E-state index < -0.39 is 35.3 Å². The molecule has 1 saturated carbocycles. The molecule has 0 aromatic heterocycles. The van der Waals surface area contributed by atoms with Crippen molar-refractivity contribution < 1.29 is 28.7 Å². The van der Waals surface area contributed by atoms with Crippen molar-refractivity contribution in [3.05, 3.63) is 0 Å². The van der Waals surface area contributed by atoms with Gasteiger partial charge in [0.2, 0.25) is 11.8 Å². The number of unbranched alkanes of at least 4 members (excludes halogenated alkanes) is 1. The van der Waals surface area contributed by atoms with Gasteiger partial charge in [-0.2, -0.15) is 0 Å². The second-order valence-corrected chi connectivity index (χ2v) is 11.4. The number of hydrogen-bond acceptors (Lipinski definition) is 8. The zero-order valence-corrected chi connectivity index (χ0v) is 23.0. The van der Waals surface area contributed by atoms with E-state index in [1.54, 1.807) is 32.6 Å². The second-order valence-electron chi connectivity index (χ2n) is 11.4. The largest absolute Gasteiger partial charge is 0.467 e. The van der Waals surface area contributed by atoms with E-state index in [1.165, 1.54) is 7.11 Å². The number of carbonyl (C=O) groups is 4. The van der Waals surface area contributed by atoms with Gasteiger partial charge in [-0.05, 0) is 72.1 Å². The van der Waals surface area contributed by atoms with Crippen molar-refractivity contribution in [2.45, 2.75) is 109 Å². The first-order chi connectivity index (χ1) is 17.3. The number of ether oxygens (including phenoxy) is 2. The molecule has 0 bridgehead atoms. The van der Waals surface area contributed by atoms with Gasteiger partial charge in [0.05, 0.1) is 13.2 Å². The van der Waals surface area contributed by atoms with E-state index in [2.05, 4.69) is 10.6 Å². The Morgan fingerprint density at radius 1 is 1.14 bits per heavy atom. The molecule has 2 fully saturated rings. The summed E-state index contributed by atoms with van der Waals surface area (Å²) in [6.07, 6.45) is 4.84. The van der Waals surface area contributed by atoms with E-state index in [1.807, 2.05) is 0 Å². The summed E-state index contributed by atoms with van der Waals surface area (Å²) >= 11 is 0. The van der Waals surface area contributed by atoms with Crippen LogP contribution in [0.3, 0.4) is 0 Å². The van der Waals surface area contributed by atoms with Gasteiger partial charge in [-0.25, -0.2) is 9.59 Å². The first kappa shape index (κ1) is 30.5. The Hall–Kier alpha value is -2.69. The number of rotatable bonds is 12. The molecular formula is C26H45N5O6. The lowest BCUT2D eigenvalue weighted by Gasteiger charge is -2.41. The molecule has 2 atom stereocenters. The third-order valence-electron chi connectivity index (χ3n) is 6.78. The lowest BCUT2D eigenvalue weighted by Crippen LogP contribution is -2.63. The number of esters is 1. The number of carbonyl (C=O) groups excluding carboxylic acids is 4. The minimum atomic E-state index is -1.30.